The Balaban J connectivity index is 2.93. The highest BCUT2D eigenvalue weighted by molar-refractivity contribution is 7.90. The zero-order valence-electron chi connectivity index (χ0n) is 6.07. The first-order valence-electron chi connectivity index (χ1n) is 3.16. The minimum absolute atomic E-state index is 0.163. The van der Waals surface area contributed by atoms with Gasteiger partial charge in [0.15, 0.2) is 0 Å². The Morgan fingerprint density at radius 3 is 2.58 bits per heavy atom. The first kappa shape index (κ1) is 9.73. The summed E-state index contributed by atoms with van der Waals surface area (Å²) in [6.45, 7) is 0. The van der Waals surface area contributed by atoms with Crippen molar-refractivity contribution in [1.29, 1.82) is 0 Å². The van der Waals surface area contributed by atoms with Gasteiger partial charge in [-0.2, -0.15) is 8.42 Å². The van der Waals surface area contributed by atoms with Gasteiger partial charge in [-0.15, -0.1) is 0 Å². The van der Waals surface area contributed by atoms with Gasteiger partial charge in [-0.1, -0.05) is 17.7 Å². The molecule has 0 aromatic heterocycles. The SMILES string of the molecule is NC1(Cl)C=CC(S(=O)(=O)O)=CC1. The molecule has 1 atom stereocenters. The summed E-state index contributed by atoms with van der Waals surface area (Å²) < 4.78 is 29.7. The van der Waals surface area contributed by atoms with Crippen molar-refractivity contribution in [3.63, 3.8) is 0 Å². The molecule has 1 aliphatic rings. The van der Waals surface area contributed by atoms with Crippen molar-refractivity contribution >= 4 is 21.7 Å². The molecule has 6 heteroatoms. The van der Waals surface area contributed by atoms with Gasteiger partial charge in [-0.05, 0) is 12.2 Å². The van der Waals surface area contributed by atoms with Crippen molar-refractivity contribution < 1.29 is 13.0 Å². The van der Waals surface area contributed by atoms with Crippen molar-refractivity contribution in [1.82, 2.24) is 0 Å². The van der Waals surface area contributed by atoms with Gasteiger partial charge in [0.05, 0.1) is 4.91 Å². The summed E-state index contributed by atoms with van der Waals surface area (Å²) in [7, 11) is -4.12. The number of hydrogen-bond donors (Lipinski definition) is 2. The molecule has 0 heterocycles. The number of hydrogen-bond acceptors (Lipinski definition) is 3. The zero-order chi connectivity index (χ0) is 9.41. The normalized spacial score (nSPS) is 30.1. The maximum Gasteiger partial charge on any atom is 0.294 e. The van der Waals surface area contributed by atoms with Crippen molar-refractivity contribution in [2.24, 2.45) is 5.73 Å². The van der Waals surface area contributed by atoms with E-state index in [-0.39, 0.29) is 11.3 Å². The molecule has 0 amide bonds. The van der Waals surface area contributed by atoms with E-state index in [9.17, 15) is 8.42 Å². The van der Waals surface area contributed by atoms with E-state index >= 15 is 0 Å². The van der Waals surface area contributed by atoms with Crippen molar-refractivity contribution in [2.75, 3.05) is 0 Å². The Labute approximate surface area is 75.5 Å². The molecule has 0 saturated carbocycles. The van der Waals surface area contributed by atoms with Gasteiger partial charge in [0, 0.05) is 6.42 Å². The van der Waals surface area contributed by atoms with Crippen LogP contribution in [-0.2, 0) is 10.1 Å². The second-order valence-corrected chi connectivity index (χ2v) is 4.67. The van der Waals surface area contributed by atoms with Crippen LogP contribution in [-0.4, -0.2) is 18.0 Å². The van der Waals surface area contributed by atoms with E-state index < -0.39 is 15.1 Å². The molecule has 0 saturated heterocycles. The molecule has 3 N–H and O–H groups in total. The average Bonchev–Trinajstić information content (AvgIpc) is 1.83. The van der Waals surface area contributed by atoms with Crippen LogP contribution in [0.5, 0.6) is 0 Å². The van der Waals surface area contributed by atoms with Crippen LogP contribution in [0.15, 0.2) is 23.1 Å². The van der Waals surface area contributed by atoms with Gasteiger partial charge in [0.2, 0.25) is 0 Å². The molecule has 0 aliphatic heterocycles. The minimum Gasteiger partial charge on any atom is -0.309 e. The van der Waals surface area contributed by atoms with E-state index in [4.69, 9.17) is 21.9 Å². The number of allylic oxidation sites excluding steroid dienone is 1. The Morgan fingerprint density at radius 2 is 2.25 bits per heavy atom. The van der Waals surface area contributed by atoms with Gasteiger partial charge >= 0.3 is 0 Å². The number of rotatable bonds is 1. The Hall–Kier alpha value is -0.360. The molecule has 12 heavy (non-hydrogen) atoms. The Bertz CT molecular complexity index is 342. The topological polar surface area (TPSA) is 80.4 Å². The lowest BCUT2D eigenvalue weighted by Gasteiger charge is -2.18. The summed E-state index contributed by atoms with van der Waals surface area (Å²) in [6, 6.07) is 0. The van der Waals surface area contributed by atoms with Gasteiger partial charge in [-0.3, -0.25) is 4.55 Å². The van der Waals surface area contributed by atoms with Crippen molar-refractivity contribution in [2.45, 2.75) is 11.4 Å². The summed E-state index contributed by atoms with van der Waals surface area (Å²) >= 11 is 5.66. The number of halogens is 1. The maximum absolute atomic E-state index is 10.5. The van der Waals surface area contributed by atoms with E-state index in [1.54, 1.807) is 0 Å². The third-order valence-corrected chi connectivity index (χ3v) is 2.62. The first-order chi connectivity index (χ1) is 5.31. The number of alkyl halides is 1. The summed E-state index contributed by atoms with van der Waals surface area (Å²) in [5, 5.41) is 0. The molecule has 1 aliphatic carbocycles. The van der Waals surface area contributed by atoms with E-state index in [1.807, 2.05) is 0 Å². The molecule has 0 radical (unpaired) electrons. The monoisotopic (exact) mass is 209 g/mol. The second kappa shape index (κ2) is 2.85. The Morgan fingerprint density at radius 1 is 1.67 bits per heavy atom. The van der Waals surface area contributed by atoms with E-state index in [0.717, 1.165) is 0 Å². The quantitative estimate of drug-likeness (QED) is 0.377. The van der Waals surface area contributed by atoms with Gasteiger partial charge in [-0.25, -0.2) is 0 Å². The molecular formula is C6H8ClNO3S. The van der Waals surface area contributed by atoms with Crippen LogP contribution in [0.4, 0.5) is 0 Å². The lowest BCUT2D eigenvalue weighted by molar-refractivity contribution is 0.491. The molecule has 1 unspecified atom stereocenters. The van der Waals surface area contributed by atoms with E-state index in [0.29, 0.717) is 0 Å². The molecule has 0 spiro atoms. The third-order valence-electron chi connectivity index (χ3n) is 1.44. The molecule has 68 valence electrons. The largest absolute Gasteiger partial charge is 0.309 e. The predicted octanol–water partition coefficient (Wildman–Crippen LogP) is 0.612. The van der Waals surface area contributed by atoms with Crippen LogP contribution in [0.1, 0.15) is 6.42 Å². The van der Waals surface area contributed by atoms with Crippen LogP contribution in [0.3, 0.4) is 0 Å². The highest BCUT2D eigenvalue weighted by Crippen LogP contribution is 2.23. The van der Waals surface area contributed by atoms with Crippen LogP contribution in [0.2, 0.25) is 0 Å². The summed E-state index contributed by atoms with van der Waals surface area (Å²) in [4.78, 5) is -1.20. The predicted molar refractivity (Wildman–Crippen MR) is 46.2 cm³/mol. The van der Waals surface area contributed by atoms with Gasteiger partial charge in [0.1, 0.15) is 5.00 Å². The molecule has 0 aromatic carbocycles. The molecule has 0 aromatic rings. The fourth-order valence-electron chi connectivity index (χ4n) is 0.805. The fourth-order valence-corrected chi connectivity index (χ4v) is 1.48. The minimum atomic E-state index is -4.12. The molecule has 1 rings (SSSR count). The summed E-state index contributed by atoms with van der Waals surface area (Å²) in [5.74, 6) is 0. The molecular weight excluding hydrogens is 202 g/mol. The van der Waals surface area contributed by atoms with E-state index in [2.05, 4.69) is 0 Å². The molecule has 0 bridgehead atoms. The van der Waals surface area contributed by atoms with Crippen LogP contribution in [0.25, 0.3) is 0 Å². The average molecular weight is 210 g/mol. The Kier molecular flexibility index (Phi) is 2.31. The smallest absolute Gasteiger partial charge is 0.294 e. The third kappa shape index (κ3) is 2.31. The fraction of sp³-hybridized carbons (Fsp3) is 0.333. The van der Waals surface area contributed by atoms with Gasteiger partial charge in [0.25, 0.3) is 10.1 Å². The van der Waals surface area contributed by atoms with Crippen LogP contribution in [0, 0.1) is 0 Å². The zero-order valence-corrected chi connectivity index (χ0v) is 7.64. The van der Waals surface area contributed by atoms with Crippen LogP contribution < -0.4 is 5.73 Å². The molecule has 0 fully saturated rings. The van der Waals surface area contributed by atoms with Crippen molar-refractivity contribution in [3.05, 3.63) is 23.1 Å². The lowest BCUT2D eigenvalue weighted by atomic mass is 10.1. The van der Waals surface area contributed by atoms with Crippen molar-refractivity contribution in [3.8, 4) is 0 Å². The highest BCUT2D eigenvalue weighted by atomic mass is 35.5. The number of nitrogens with two attached hydrogens (primary N) is 1. The first-order valence-corrected chi connectivity index (χ1v) is 4.98. The summed E-state index contributed by atoms with van der Waals surface area (Å²) in [6.07, 6.45) is 3.98. The lowest BCUT2D eigenvalue weighted by Crippen LogP contribution is -2.31. The van der Waals surface area contributed by atoms with Gasteiger partial charge < -0.3 is 5.73 Å². The molecule has 4 nitrogen and oxygen atoms in total. The van der Waals surface area contributed by atoms with Crippen LogP contribution >= 0.6 is 11.6 Å². The van der Waals surface area contributed by atoms with E-state index in [1.165, 1.54) is 18.2 Å². The highest BCUT2D eigenvalue weighted by Gasteiger charge is 2.23. The standard InChI is InChI=1S/C6H8ClNO3S/c7-6(8)3-1-5(2-4-6)12(9,10)11/h1-3H,4,8H2,(H,9,10,11). The second-order valence-electron chi connectivity index (χ2n) is 2.55. The summed E-state index contributed by atoms with van der Waals surface area (Å²) in [5.41, 5.74) is 5.44. The maximum atomic E-state index is 10.5.